The van der Waals surface area contributed by atoms with Gasteiger partial charge in [0.15, 0.2) is 0 Å². The van der Waals surface area contributed by atoms with Crippen molar-refractivity contribution in [3.63, 3.8) is 0 Å². The SMILES string of the molecule is O=C1N=CC[C@@H](O)N1. The Bertz CT molecular complexity index is 132. The highest BCUT2D eigenvalue weighted by Crippen LogP contribution is 1.90. The van der Waals surface area contributed by atoms with E-state index in [-0.39, 0.29) is 0 Å². The molecule has 0 spiro atoms. The van der Waals surface area contributed by atoms with Gasteiger partial charge in [0, 0.05) is 12.6 Å². The van der Waals surface area contributed by atoms with E-state index in [1.807, 2.05) is 0 Å². The van der Waals surface area contributed by atoms with Crippen LogP contribution in [0.25, 0.3) is 0 Å². The molecule has 0 aliphatic carbocycles. The molecule has 0 fully saturated rings. The Kier molecular flexibility index (Phi) is 1.26. The van der Waals surface area contributed by atoms with Crippen LogP contribution in [0.15, 0.2) is 4.99 Å². The van der Waals surface area contributed by atoms with Gasteiger partial charge in [-0.3, -0.25) is 0 Å². The van der Waals surface area contributed by atoms with E-state index in [1.54, 1.807) is 0 Å². The summed E-state index contributed by atoms with van der Waals surface area (Å²) in [5.41, 5.74) is 0. The zero-order valence-electron chi connectivity index (χ0n) is 4.16. The lowest BCUT2D eigenvalue weighted by Crippen LogP contribution is -2.35. The fourth-order valence-corrected chi connectivity index (χ4v) is 0.474. The molecule has 1 rings (SSSR count). The van der Waals surface area contributed by atoms with Crippen LogP contribution in [-0.2, 0) is 0 Å². The molecule has 2 N–H and O–H groups in total. The van der Waals surface area contributed by atoms with Crippen LogP contribution in [0, 0.1) is 0 Å². The van der Waals surface area contributed by atoms with Crippen LogP contribution in [0.2, 0.25) is 0 Å². The molecule has 0 unspecified atom stereocenters. The Morgan fingerprint density at radius 2 is 2.75 bits per heavy atom. The van der Waals surface area contributed by atoms with Gasteiger partial charge in [-0.2, -0.15) is 0 Å². The molecule has 8 heavy (non-hydrogen) atoms. The van der Waals surface area contributed by atoms with Crippen LogP contribution in [-0.4, -0.2) is 23.6 Å². The van der Waals surface area contributed by atoms with Gasteiger partial charge in [-0.15, -0.1) is 0 Å². The highest BCUT2D eigenvalue weighted by molar-refractivity contribution is 5.86. The molecular formula is C4H6N2O2. The summed E-state index contributed by atoms with van der Waals surface area (Å²) >= 11 is 0. The third-order valence-corrected chi connectivity index (χ3v) is 0.827. The molecule has 4 heteroatoms. The van der Waals surface area contributed by atoms with E-state index >= 15 is 0 Å². The predicted octanol–water partition coefficient (Wildman–Crippen LogP) is -0.511. The maximum absolute atomic E-state index is 10.2. The number of urea groups is 1. The molecule has 0 bridgehead atoms. The summed E-state index contributed by atoms with van der Waals surface area (Å²) in [4.78, 5) is 13.5. The fraction of sp³-hybridized carbons (Fsp3) is 0.500. The number of hydrogen-bond acceptors (Lipinski definition) is 2. The molecule has 1 aliphatic heterocycles. The minimum absolute atomic E-state index is 0.408. The highest BCUT2D eigenvalue weighted by Gasteiger charge is 2.09. The first-order chi connectivity index (χ1) is 3.79. The van der Waals surface area contributed by atoms with E-state index in [2.05, 4.69) is 10.3 Å². The van der Waals surface area contributed by atoms with Crippen LogP contribution in [0.1, 0.15) is 6.42 Å². The number of nitrogens with zero attached hydrogens (tertiary/aromatic N) is 1. The summed E-state index contributed by atoms with van der Waals surface area (Å²) in [6, 6.07) is -0.469. The number of hydrogen-bond donors (Lipinski definition) is 2. The van der Waals surface area contributed by atoms with E-state index in [9.17, 15) is 4.79 Å². The Hall–Kier alpha value is -0.900. The van der Waals surface area contributed by atoms with Crippen molar-refractivity contribution in [2.75, 3.05) is 0 Å². The second-order valence-corrected chi connectivity index (χ2v) is 1.51. The van der Waals surface area contributed by atoms with Crippen molar-refractivity contribution in [3.8, 4) is 0 Å². The summed E-state index contributed by atoms with van der Waals surface area (Å²) in [6.07, 6.45) is 1.06. The van der Waals surface area contributed by atoms with Gasteiger partial charge in [0.05, 0.1) is 0 Å². The van der Waals surface area contributed by atoms with Crippen molar-refractivity contribution in [1.82, 2.24) is 5.32 Å². The number of rotatable bonds is 0. The summed E-state index contributed by atoms with van der Waals surface area (Å²) in [5, 5.41) is 10.9. The van der Waals surface area contributed by atoms with Gasteiger partial charge in [-0.25, -0.2) is 9.79 Å². The van der Waals surface area contributed by atoms with Gasteiger partial charge < -0.3 is 10.4 Å². The first-order valence-corrected chi connectivity index (χ1v) is 2.30. The lowest BCUT2D eigenvalue weighted by Gasteiger charge is -2.10. The van der Waals surface area contributed by atoms with Crippen molar-refractivity contribution in [1.29, 1.82) is 0 Å². The third kappa shape index (κ3) is 1.04. The summed E-state index contributed by atoms with van der Waals surface area (Å²) in [7, 11) is 0. The molecule has 0 aromatic heterocycles. The topological polar surface area (TPSA) is 61.7 Å². The van der Waals surface area contributed by atoms with Gasteiger partial charge >= 0.3 is 6.03 Å². The molecule has 0 saturated carbocycles. The summed E-state index contributed by atoms with van der Waals surface area (Å²) in [6.45, 7) is 0. The van der Waals surface area contributed by atoms with Crippen molar-refractivity contribution in [3.05, 3.63) is 0 Å². The smallest absolute Gasteiger partial charge is 0.342 e. The number of nitrogens with one attached hydrogen (secondary N) is 1. The van der Waals surface area contributed by atoms with E-state index in [1.165, 1.54) is 6.21 Å². The fourth-order valence-electron chi connectivity index (χ4n) is 0.474. The number of carbonyl (C=O) groups excluding carboxylic acids is 1. The van der Waals surface area contributed by atoms with Crippen LogP contribution < -0.4 is 5.32 Å². The first-order valence-electron chi connectivity index (χ1n) is 2.30. The Morgan fingerprint density at radius 3 is 3.12 bits per heavy atom. The first kappa shape index (κ1) is 5.24. The van der Waals surface area contributed by atoms with E-state index in [4.69, 9.17) is 5.11 Å². The number of aliphatic imine (C=N–C) groups is 1. The van der Waals surface area contributed by atoms with Crippen LogP contribution in [0.3, 0.4) is 0 Å². The zero-order valence-corrected chi connectivity index (χ0v) is 4.16. The maximum Gasteiger partial charge on any atom is 0.342 e. The van der Waals surface area contributed by atoms with Gasteiger partial charge in [0.1, 0.15) is 6.23 Å². The Labute approximate surface area is 46.2 Å². The van der Waals surface area contributed by atoms with Crippen LogP contribution >= 0.6 is 0 Å². The zero-order chi connectivity index (χ0) is 5.98. The van der Waals surface area contributed by atoms with E-state index < -0.39 is 12.3 Å². The lowest BCUT2D eigenvalue weighted by atomic mass is 10.4. The molecule has 44 valence electrons. The molecular weight excluding hydrogens is 108 g/mol. The largest absolute Gasteiger partial charge is 0.373 e. The van der Waals surface area contributed by atoms with Crippen LogP contribution in [0.5, 0.6) is 0 Å². The van der Waals surface area contributed by atoms with Gasteiger partial charge in [-0.05, 0) is 0 Å². The molecule has 0 aromatic rings. The molecule has 4 nitrogen and oxygen atoms in total. The van der Waals surface area contributed by atoms with Gasteiger partial charge in [0.25, 0.3) is 0 Å². The quantitative estimate of drug-likeness (QED) is 0.445. The monoisotopic (exact) mass is 114 g/mol. The summed E-state index contributed by atoms with van der Waals surface area (Å²) in [5.74, 6) is 0. The number of carbonyl (C=O) groups is 1. The standard InChI is InChI=1S/C4H6N2O2/c7-3-1-2-5-4(8)6-3/h2-3,7H,1H2,(H,6,8)/t3-/m1/s1. The molecule has 1 aliphatic rings. The molecule has 0 aromatic carbocycles. The molecule has 2 amide bonds. The Morgan fingerprint density at radius 1 is 2.00 bits per heavy atom. The molecule has 1 atom stereocenters. The summed E-state index contributed by atoms with van der Waals surface area (Å²) < 4.78 is 0. The minimum atomic E-state index is -0.736. The number of aliphatic hydroxyl groups is 1. The molecule has 0 radical (unpaired) electrons. The van der Waals surface area contributed by atoms with E-state index in [0.717, 1.165) is 0 Å². The second-order valence-electron chi connectivity index (χ2n) is 1.51. The lowest BCUT2D eigenvalue weighted by molar-refractivity contribution is 0.147. The normalized spacial score (nSPS) is 27.6. The van der Waals surface area contributed by atoms with Crippen molar-refractivity contribution in [2.45, 2.75) is 12.6 Å². The Balaban J connectivity index is 2.54. The van der Waals surface area contributed by atoms with Crippen molar-refractivity contribution >= 4 is 12.2 Å². The van der Waals surface area contributed by atoms with Crippen LogP contribution in [0.4, 0.5) is 4.79 Å². The number of amides is 2. The van der Waals surface area contributed by atoms with Crippen molar-refractivity contribution in [2.24, 2.45) is 4.99 Å². The van der Waals surface area contributed by atoms with E-state index in [0.29, 0.717) is 6.42 Å². The van der Waals surface area contributed by atoms with Crippen molar-refractivity contribution < 1.29 is 9.90 Å². The number of aliphatic hydroxyl groups excluding tert-OH is 1. The van der Waals surface area contributed by atoms with Gasteiger partial charge in [0.2, 0.25) is 0 Å². The maximum atomic E-state index is 10.2. The average Bonchev–Trinajstić information content (AvgIpc) is 1.64. The second kappa shape index (κ2) is 1.92. The molecule has 1 heterocycles. The van der Waals surface area contributed by atoms with Gasteiger partial charge in [-0.1, -0.05) is 0 Å². The average molecular weight is 114 g/mol. The predicted molar refractivity (Wildman–Crippen MR) is 27.6 cm³/mol. The third-order valence-electron chi connectivity index (χ3n) is 0.827. The minimum Gasteiger partial charge on any atom is -0.373 e. The molecule has 0 saturated heterocycles. The highest BCUT2D eigenvalue weighted by atomic mass is 16.3.